The van der Waals surface area contributed by atoms with Crippen molar-refractivity contribution in [2.24, 2.45) is 13.0 Å². The molecule has 0 aliphatic heterocycles. The third kappa shape index (κ3) is 1.27. The van der Waals surface area contributed by atoms with Crippen molar-refractivity contribution in [3.8, 4) is 0 Å². The van der Waals surface area contributed by atoms with Gasteiger partial charge in [-0.25, -0.2) is 4.98 Å². The highest BCUT2D eigenvalue weighted by Gasteiger charge is 2.54. The molecule has 1 aromatic heterocycles. The van der Waals surface area contributed by atoms with E-state index in [0.717, 1.165) is 25.0 Å². The summed E-state index contributed by atoms with van der Waals surface area (Å²) in [6.07, 6.45) is 6.68. The molecule has 0 radical (unpaired) electrons. The largest absolute Gasteiger partial charge is 0.383 e. The molecule has 0 amide bonds. The van der Waals surface area contributed by atoms with Gasteiger partial charge in [0, 0.05) is 7.05 Å². The van der Waals surface area contributed by atoms with Gasteiger partial charge in [-0.05, 0) is 18.8 Å². The van der Waals surface area contributed by atoms with Crippen LogP contribution in [0.2, 0.25) is 0 Å². The van der Waals surface area contributed by atoms with Gasteiger partial charge >= 0.3 is 0 Å². The van der Waals surface area contributed by atoms with Crippen LogP contribution in [0.5, 0.6) is 0 Å². The molecular weight excluding hydrogens is 164 g/mol. The van der Waals surface area contributed by atoms with E-state index in [4.69, 9.17) is 0 Å². The fourth-order valence-corrected chi connectivity index (χ4v) is 2.09. The van der Waals surface area contributed by atoms with Gasteiger partial charge in [0.05, 0.1) is 18.2 Å². The van der Waals surface area contributed by atoms with Crippen molar-refractivity contribution in [1.29, 1.82) is 0 Å². The summed E-state index contributed by atoms with van der Waals surface area (Å²) in [4.78, 5) is 4.03. The zero-order valence-electron chi connectivity index (χ0n) is 8.20. The van der Waals surface area contributed by atoms with Crippen molar-refractivity contribution in [3.63, 3.8) is 0 Å². The van der Waals surface area contributed by atoms with E-state index in [1.807, 2.05) is 11.6 Å². The molecule has 3 nitrogen and oxygen atoms in total. The molecular formula is C10H16N2O. The molecule has 0 bridgehead atoms. The monoisotopic (exact) mass is 180 g/mol. The molecule has 13 heavy (non-hydrogen) atoms. The smallest absolute Gasteiger partial charge is 0.109 e. The highest BCUT2D eigenvalue weighted by molar-refractivity contribution is 5.21. The lowest BCUT2D eigenvalue weighted by Gasteiger charge is -2.10. The first-order chi connectivity index (χ1) is 6.18. The summed E-state index contributed by atoms with van der Waals surface area (Å²) in [6.45, 7) is 2.15. The molecule has 2 atom stereocenters. The average molecular weight is 180 g/mol. The number of imidazole rings is 1. The Kier molecular flexibility index (Phi) is 1.91. The molecule has 1 aliphatic carbocycles. The highest BCUT2D eigenvalue weighted by atomic mass is 16.3. The number of rotatable bonds is 3. The van der Waals surface area contributed by atoms with Crippen LogP contribution in [-0.2, 0) is 12.6 Å². The second-order valence-corrected chi connectivity index (χ2v) is 4.00. The highest BCUT2D eigenvalue weighted by Crippen LogP contribution is 2.53. The number of nitrogens with zero attached hydrogens (tertiary/aromatic N) is 2. The van der Waals surface area contributed by atoms with Crippen LogP contribution in [0.15, 0.2) is 12.5 Å². The fourth-order valence-electron chi connectivity index (χ4n) is 2.09. The van der Waals surface area contributed by atoms with E-state index in [1.165, 1.54) is 0 Å². The van der Waals surface area contributed by atoms with Crippen molar-refractivity contribution in [2.75, 3.05) is 0 Å². The molecule has 1 aromatic rings. The second-order valence-electron chi connectivity index (χ2n) is 4.00. The lowest BCUT2D eigenvalue weighted by molar-refractivity contribution is 0.121. The molecule has 1 heterocycles. The van der Waals surface area contributed by atoms with Gasteiger partial charge in [-0.1, -0.05) is 13.3 Å². The quantitative estimate of drug-likeness (QED) is 0.764. The lowest BCUT2D eigenvalue weighted by atomic mass is 10.1. The van der Waals surface area contributed by atoms with Crippen LogP contribution in [-0.4, -0.2) is 14.7 Å². The third-order valence-electron chi connectivity index (χ3n) is 2.97. The number of aromatic nitrogens is 2. The van der Waals surface area contributed by atoms with Crippen LogP contribution in [0.4, 0.5) is 0 Å². The van der Waals surface area contributed by atoms with Crippen LogP contribution in [0.25, 0.3) is 0 Å². The molecule has 2 unspecified atom stereocenters. The fraction of sp³-hybridized carbons (Fsp3) is 0.700. The SMILES string of the molecule is CCCC1CC1(O)c1cncn1C. The zero-order chi connectivity index (χ0) is 9.47. The van der Waals surface area contributed by atoms with E-state index in [-0.39, 0.29) is 0 Å². The van der Waals surface area contributed by atoms with E-state index < -0.39 is 5.60 Å². The van der Waals surface area contributed by atoms with Crippen molar-refractivity contribution < 1.29 is 5.11 Å². The molecule has 0 aromatic carbocycles. The molecule has 0 spiro atoms. The maximum atomic E-state index is 10.2. The molecule has 1 aliphatic rings. The Morgan fingerprint density at radius 3 is 3.08 bits per heavy atom. The number of aryl methyl sites for hydroxylation is 1. The zero-order valence-corrected chi connectivity index (χ0v) is 8.20. The molecule has 1 saturated carbocycles. The van der Waals surface area contributed by atoms with Gasteiger partial charge < -0.3 is 9.67 Å². The van der Waals surface area contributed by atoms with E-state index in [2.05, 4.69) is 11.9 Å². The minimum Gasteiger partial charge on any atom is -0.383 e. The van der Waals surface area contributed by atoms with Gasteiger partial charge in [0.15, 0.2) is 0 Å². The van der Waals surface area contributed by atoms with E-state index in [0.29, 0.717) is 5.92 Å². The first-order valence-electron chi connectivity index (χ1n) is 4.87. The molecule has 2 rings (SSSR count). The Labute approximate surface area is 78.4 Å². The Balaban J connectivity index is 2.15. The van der Waals surface area contributed by atoms with Crippen LogP contribution in [0, 0.1) is 5.92 Å². The van der Waals surface area contributed by atoms with Crippen LogP contribution in [0.3, 0.4) is 0 Å². The van der Waals surface area contributed by atoms with Gasteiger partial charge in [0.1, 0.15) is 5.60 Å². The Bertz CT molecular complexity index is 308. The minimum atomic E-state index is -0.568. The van der Waals surface area contributed by atoms with E-state index >= 15 is 0 Å². The van der Waals surface area contributed by atoms with Crippen molar-refractivity contribution >= 4 is 0 Å². The van der Waals surface area contributed by atoms with Crippen LogP contribution >= 0.6 is 0 Å². The van der Waals surface area contributed by atoms with E-state index in [1.54, 1.807) is 12.5 Å². The predicted octanol–water partition coefficient (Wildman–Crippen LogP) is 1.43. The molecule has 3 heteroatoms. The van der Waals surface area contributed by atoms with Gasteiger partial charge in [0.2, 0.25) is 0 Å². The summed E-state index contributed by atoms with van der Waals surface area (Å²) in [5, 5.41) is 10.2. The average Bonchev–Trinajstić information content (AvgIpc) is 2.56. The predicted molar refractivity (Wildman–Crippen MR) is 50.1 cm³/mol. The minimum absolute atomic E-state index is 0.452. The summed E-state index contributed by atoms with van der Waals surface area (Å²) < 4.78 is 1.91. The Morgan fingerprint density at radius 1 is 1.77 bits per heavy atom. The molecule has 1 fully saturated rings. The van der Waals surface area contributed by atoms with Gasteiger partial charge in [-0.2, -0.15) is 0 Å². The summed E-state index contributed by atoms with van der Waals surface area (Å²) in [7, 11) is 1.93. The van der Waals surface area contributed by atoms with Crippen molar-refractivity contribution in [2.45, 2.75) is 31.8 Å². The maximum Gasteiger partial charge on any atom is 0.109 e. The van der Waals surface area contributed by atoms with Crippen molar-refractivity contribution in [3.05, 3.63) is 18.2 Å². The third-order valence-corrected chi connectivity index (χ3v) is 2.97. The molecule has 1 N–H and O–H groups in total. The normalized spacial score (nSPS) is 32.1. The van der Waals surface area contributed by atoms with Crippen LogP contribution < -0.4 is 0 Å². The number of hydrogen-bond acceptors (Lipinski definition) is 2. The molecule has 0 saturated heterocycles. The maximum absolute atomic E-state index is 10.2. The lowest BCUT2D eigenvalue weighted by Crippen LogP contribution is -2.13. The van der Waals surface area contributed by atoms with Crippen LogP contribution in [0.1, 0.15) is 31.9 Å². The number of aliphatic hydroxyl groups is 1. The summed E-state index contributed by atoms with van der Waals surface area (Å²) in [6, 6.07) is 0. The van der Waals surface area contributed by atoms with Gasteiger partial charge in [-0.3, -0.25) is 0 Å². The first kappa shape index (κ1) is 8.75. The Hall–Kier alpha value is -0.830. The standard InChI is InChI=1S/C10H16N2O/c1-3-4-8-5-10(8,13)9-6-11-7-12(9)2/h6-8,13H,3-5H2,1-2H3. The summed E-state index contributed by atoms with van der Waals surface area (Å²) in [5.74, 6) is 0.452. The topological polar surface area (TPSA) is 38.1 Å². The number of hydrogen-bond donors (Lipinski definition) is 1. The second kappa shape index (κ2) is 2.84. The summed E-state index contributed by atoms with van der Waals surface area (Å²) >= 11 is 0. The van der Waals surface area contributed by atoms with Gasteiger partial charge in [-0.15, -0.1) is 0 Å². The van der Waals surface area contributed by atoms with Crippen molar-refractivity contribution in [1.82, 2.24) is 9.55 Å². The van der Waals surface area contributed by atoms with Gasteiger partial charge in [0.25, 0.3) is 0 Å². The molecule has 72 valence electrons. The summed E-state index contributed by atoms with van der Waals surface area (Å²) in [5.41, 5.74) is 0.396. The van der Waals surface area contributed by atoms with E-state index in [9.17, 15) is 5.11 Å². The Morgan fingerprint density at radius 2 is 2.54 bits per heavy atom. The first-order valence-corrected chi connectivity index (χ1v) is 4.87.